The van der Waals surface area contributed by atoms with E-state index >= 15 is 0 Å². The van der Waals surface area contributed by atoms with E-state index in [2.05, 4.69) is 30.2 Å². The predicted octanol–water partition coefficient (Wildman–Crippen LogP) is 3.30. The zero-order valence-corrected chi connectivity index (χ0v) is 11.5. The van der Waals surface area contributed by atoms with E-state index in [4.69, 9.17) is 11.6 Å². The molecular formula is C14H9ClN6. The molecule has 0 fully saturated rings. The lowest BCUT2D eigenvalue weighted by molar-refractivity contribution is 1.20. The van der Waals surface area contributed by atoms with Crippen LogP contribution in [0.15, 0.2) is 42.9 Å². The quantitative estimate of drug-likeness (QED) is 0.555. The lowest BCUT2D eigenvalue weighted by Gasteiger charge is -2.09. The maximum absolute atomic E-state index is 5.93. The minimum atomic E-state index is 0.144. The predicted molar refractivity (Wildman–Crippen MR) is 81.7 cm³/mol. The molecule has 0 aliphatic heterocycles. The number of halogens is 1. The summed E-state index contributed by atoms with van der Waals surface area (Å²) < 4.78 is 0. The Kier molecular flexibility index (Phi) is 2.68. The van der Waals surface area contributed by atoms with E-state index in [1.807, 2.05) is 30.3 Å². The van der Waals surface area contributed by atoms with Gasteiger partial charge in [-0.3, -0.25) is 4.98 Å². The van der Waals surface area contributed by atoms with Crippen LogP contribution in [0, 0.1) is 0 Å². The Morgan fingerprint density at radius 1 is 1.05 bits per heavy atom. The fourth-order valence-electron chi connectivity index (χ4n) is 2.23. The lowest BCUT2D eigenvalue weighted by atomic mass is 10.2. The third-order valence-corrected chi connectivity index (χ3v) is 3.31. The normalized spacial score (nSPS) is 11.1. The Morgan fingerprint density at radius 2 is 1.95 bits per heavy atom. The van der Waals surface area contributed by atoms with Gasteiger partial charge < -0.3 is 10.3 Å². The molecule has 102 valence electrons. The highest BCUT2D eigenvalue weighted by Gasteiger charge is 2.10. The highest BCUT2D eigenvalue weighted by Crippen LogP contribution is 2.27. The molecule has 0 aliphatic carbocycles. The van der Waals surface area contributed by atoms with Crippen molar-refractivity contribution in [3.05, 3.63) is 48.1 Å². The topological polar surface area (TPSA) is 79.4 Å². The molecule has 0 bridgehead atoms. The van der Waals surface area contributed by atoms with Crippen molar-refractivity contribution in [2.75, 3.05) is 5.32 Å². The van der Waals surface area contributed by atoms with Crippen LogP contribution < -0.4 is 5.32 Å². The number of benzene rings is 1. The molecule has 4 rings (SSSR count). The van der Waals surface area contributed by atoms with Gasteiger partial charge in [-0.1, -0.05) is 18.2 Å². The molecule has 0 saturated carbocycles. The van der Waals surface area contributed by atoms with Crippen molar-refractivity contribution in [2.45, 2.75) is 0 Å². The smallest absolute Gasteiger partial charge is 0.226 e. The van der Waals surface area contributed by atoms with Crippen molar-refractivity contribution >= 4 is 45.2 Å². The van der Waals surface area contributed by atoms with E-state index in [0.717, 1.165) is 16.6 Å². The standard InChI is InChI=1S/C14H9ClN6/c15-14-20-12-11(17-7-18-12)13(21-14)19-9-5-1-3-8-4-2-6-16-10(8)9/h1-7H,(H2,17,18,19,20,21). The number of para-hydroxylation sites is 1. The number of nitrogens with zero attached hydrogens (tertiary/aromatic N) is 4. The molecule has 0 saturated heterocycles. The van der Waals surface area contributed by atoms with E-state index in [9.17, 15) is 0 Å². The van der Waals surface area contributed by atoms with E-state index in [0.29, 0.717) is 17.0 Å². The average molecular weight is 297 g/mol. The minimum Gasteiger partial charge on any atom is -0.340 e. The average Bonchev–Trinajstić information content (AvgIpc) is 2.96. The van der Waals surface area contributed by atoms with Gasteiger partial charge in [0.05, 0.1) is 17.5 Å². The highest BCUT2D eigenvalue weighted by atomic mass is 35.5. The summed E-state index contributed by atoms with van der Waals surface area (Å²) >= 11 is 5.93. The second-order valence-electron chi connectivity index (χ2n) is 4.45. The first kappa shape index (κ1) is 12.0. The minimum absolute atomic E-state index is 0.144. The summed E-state index contributed by atoms with van der Waals surface area (Å²) in [5, 5.41) is 4.44. The van der Waals surface area contributed by atoms with Crippen LogP contribution in [0.1, 0.15) is 0 Å². The van der Waals surface area contributed by atoms with Gasteiger partial charge in [0.2, 0.25) is 5.28 Å². The second-order valence-corrected chi connectivity index (χ2v) is 4.79. The molecular weight excluding hydrogens is 288 g/mol. The van der Waals surface area contributed by atoms with Crippen molar-refractivity contribution in [1.29, 1.82) is 0 Å². The molecule has 1 aromatic carbocycles. The van der Waals surface area contributed by atoms with Crippen molar-refractivity contribution in [2.24, 2.45) is 0 Å². The van der Waals surface area contributed by atoms with E-state index in [1.54, 1.807) is 12.5 Å². The Morgan fingerprint density at radius 3 is 2.90 bits per heavy atom. The number of anilines is 2. The van der Waals surface area contributed by atoms with Crippen molar-refractivity contribution < 1.29 is 0 Å². The number of hydrogen-bond acceptors (Lipinski definition) is 5. The first-order valence-electron chi connectivity index (χ1n) is 6.29. The molecule has 0 atom stereocenters. The Bertz CT molecular complexity index is 943. The maximum Gasteiger partial charge on any atom is 0.226 e. The number of rotatable bonds is 2. The Labute approximate surface area is 124 Å². The fraction of sp³-hybridized carbons (Fsp3) is 0. The fourth-order valence-corrected chi connectivity index (χ4v) is 2.39. The number of nitrogens with one attached hydrogen (secondary N) is 2. The molecule has 6 nitrogen and oxygen atoms in total. The largest absolute Gasteiger partial charge is 0.340 e. The van der Waals surface area contributed by atoms with Crippen molar-refractivity contribution in [3.8, 4) is 0 Å². The van der Waals surface area contributed by atoms with Gasteiger partial charge in [0, 0.05) is 11.6 Å². The number of H-pyrrole nitrogens is 1. The zero-order chi connectivity index (χ0) is 14.2. The number of hydrogen-bond donors (Lipinski definition) is 2. The van der Waals surface area contributed by atoms with E-state index in [1.165, 1.54) is 0 Å². The molecule has 7 heteroatoms. The molecule has 0 amide bonds. The van der Waals surface area contributed by atoms with Gasteiger partial charge in [-0.25, -0.2) is 4.98 Å². The van der Waals surface area contributed by atoms with Gasteiger partial charge in [-0.15, -0.1) is 0 Å². The van der Waals surface area contributed by atoms with Crippen LogP contribution in [0.5, 0.6) is 0 Å². The van der Waals surface area contributed by atoms with Crippen LogP contribution in [0.2, 0.25) is 5.28 Å². The third-order valence-electron chi connectivity index (χ3n) is 3.14. The maximum atomic E-state index is 5.93. The molecule has 0 spiro atoms. The molecule has 4 aromatic rings. The number of aromatic nitrogens is 5. The summed E-state index contributed by atoms with van der Waals surface area (Å²) in [7, 11) is 0. The summed E-state index contributed by atoms with van der Waals surface area (Å²) in [5.41, 5.74) is 2.93. The van der Waals surface area contributed by atoms with E-state index in [-0.39, 0.29) is 5.28 Å². The SMILES string of the molecule is Clc1nc(Nc2cccc3cccnc23)c2[nH]cnc2n1. The van der Waals surface area contributed by atoms with E-state index < -0.39 is 0 Å². The van der Waals surface area contributed by atoms with Gasteiger partial charge in [0.1, 0.15) is 5.52 Å². The Hall–Kier alpha value is -2.73. The monoisotopic (exact) mass is 296 g/mol. The first-order valence-corrected chi connectivity index (χ1v) is 6.66. The second kappa shape index (κ2) is 4.68. The molecule has 3 heterocycles. The molecule has 2 N–H and O–H groups in total. The van der Waals surface area contributed by atoms with Crippen molar-refractivity contribution in [1.82, 2.24) is 24.9 Å². The van der Waals surface area contributed by atoms with Gasteiger partial charge in [-0.05, 0) is 23.7 Å². The lowest BCUT2D eigenvalue weighted by Crippen LogP contribution is -1.98. The molecule has 0 radical (unpaired) electrons. The summed E-state index contributed by atoms with van der Waals surface area (Å²) in [6, 6.07) is 9.81. The molecule has 3 aromatic heterocycles. The Balaban J connectivity index is 1.89. The zero-order valence-electron chi connectivity index (χ0n) is 10.7. The van der Waals surface area contributed by atoms with Gasteiger partial charge in [0.25, 0.3) is 0 Å². The summed E-state index contributed by atoms with van der Waals surface area (Å²) in [5.74, 6) is 0.570. The van der Waals surface area contributed by atoms with Crippen LogP contribution in [-0.4, -0.2) is 24.9 Å². The number of imidazole rings is 1. The third kappa shape index (κ3) is 2.05. The van der Waals surface area contributed by atoms with Gasteiger partial charge >= 0.3 is 0 Å². The summed E-state index contributed by atoms with van der Waals surface area (Å²) in [4.78, 5) is 19.8. The van der Waals surface area contributed by atoms with Crippen LogP contribution in [0.3, 0.4) is 0 Å². The van der Waals surface area contributed by atoms with Crippen LogP contribution >= 0.6 is 11.6 Å². The number of aromatic amines is 1. The summed E-state index contributed by atoms with van der Waals surface area (Å²) in [6.07, 6.45) is 3.31. The highest BCUT2D eigenvalue weighted by molar-refractivity contribution is 6.28. The van der Waals surface area contributed by atoms with Gasteiger partial charge in [0.15, 0.2) is 11.5 Å². The first-order chi connectivity index (χ1) is 10.3. The molecule has 0 aliphatic rings. The molecule has 21 heavy (non-hydrogen) atoms. The van der Waals surface area contributed by atoms with Crippen molar-refractivity contribution in [3.63, 3.8) is 0 Å². The molecule has 0 unspecified atom stereocenters. The van der Waals surface area contributed by atoms with Crippen LogP contribution in [0.25, 0.3) is 22.1 Å². The number of fused-ring (bicyclic) bond motifs is 2. The van der Waals surface area contributed by atoms with Gasteiger partial charge in [-0.2, -0.15) is 9.97 Å². The van der Waals surface area contributed by atoms with Crippen LogP contribution in [-0.2, 0) is 0 Å². The number of pyridine rings is 1. The van der Waals surface area contributed by atoms with Crippen LogP contribution in [0.4, 0.5) is 11.5 Å². The summed E-state index contributed by atoms with van der Waals surface area (Å²) in [6.45, 7) is 0.